The molecular weight excluding hydrogens is 612 g/mol. The van der Waals surface area contributed by atoms with Gasteiger partial charge in [-0.15, -0.1) is 4.48 Å². The number of nitrogens with zero attached hydrogens (tertiary/aromatic N) is 1. The van der Waals surface area contributed by atoms with Gasteiger partial charge in [-0.25, -0.2) is 15.0 Å². The molecule has 7 atom stereocenters. The number of rotatable bonds is 12. The molecule has 252 valence electrons. The first-order chi connectivity index (χ1) is 21.3. The number of fused-ring (bicyclic) bond motifs is 3. The lowest BCUT2D eigenvalue weighted by Gasteiger charge is -2.37. The van der Waals surface area contributed by atoms with Gasteiger partial charge in [-0.1, -0.05) is 19.8 Å². The van der Waals surface area contributed by atoms with E-state index in [0.29, 0.717) is 0 Å². The highest BCUT2D eigenvalue weighted by Gasteiger charge is 2.97. The van der Waals surface area contributed by atoms with Gasteiger partial charge in [0.05, 0.1) is 6.61 Å². The third-order valence-electron chi connectivity index (χ3n) is 9.69. The predicted octanol–water partition coefficient (Wildman–Crippen LogP) is 3.40. The lowest BCUT2D eigenvalue weighted by atomic mass is 9.92. The lowest BCUT2D eigenvalue weighted by Crippen LogP contribution is -2.59. The van der Waals surface area contributed by atoms with Crippen molar-refractivity contribution in [1.29, 1.82) is 5.41 Å². The summed E-state index contributed by atoms with van der Waals surface area (Å²) in [5.41, 5.74) is -1.72. The number of hydrogen-bond donors (Lipinski definition) is 5. The molecule has 3 aliphatic heterocycles. The summed E-state index contributed by atoms with van der Waals surface area (Å²) in [5.74, 6) is -4.07. The second-order valence-electron chi connectivity index (χ2n) is 12.9. The minimum Gasteiger partial charge on any atom is -0.461 e. The number of carbonyl (C=O) groups excluding carboxylic acids is 3. The van der Waals surface area contributed by atoms with Crippen LogP contribution >= 0.6 is 7.67 Å². The van der Waals surface area contributed by atoms with Gasteiger partial charge in [0, 0.05) is 6.08 Å². The molecule has 0 aromatic heterocycles. The molecule has 45 heavy (non-hydrogen) atoms. The Kier molecular flexibility index (Phi) is 9.92. The van der Waals surface area contributed by atoms with Crippen molar-refractivity contribution >= 4 is 31.5 Å². The Hall–Kier alpha value is -2.26. The first kappa shape index (κ1) is 34.1. The third-order valence-corrected chi connectivity index (χ3v) is 11.6. The zero-order chi connectivity index (χ0) is 32.6. The van der Waals surface area contributed by atoms with Crippen LogP contribution in [0.3, 0.4) is 0 Å². The highest BCUT2D eigenvalue weighted by Crippen LogP contribution is 2.65. The largest absolute Gasteiger partial charge is 0.461 e. The van der Waals surface area contributed by atoms with Crippen LogP contribution in [0, 0.1) is 5.41 Å². The van der Waals surface area contributed by atoms with Crippen molar-refractivity contribution in [3.8, 4) is 0 Å². The van der Waals surface area contributed by atoms with E-state index in [1.165, 1.54) is 26.1 Å². The molecule has 2 saturated carbocycles. The number of ether oxygens (including phenoxy) is 3. The summed E-state index contributed by atoms with van der Waals surface area (Å²) >= 11 is 0. The summed E-state index contributed by atoms with van der Waals surface area (Å²) in [4.78, 5) is 38.6. The van der Waals surface area contributed by atoms with Crippen LogP contribution in [0.2, 0.25) is 0 Å². The van der Waals surface area contributed by atoms with E-state index in [1.54, 1.807) is 6.92 Å². The maximum atomic E-state index is 16.3. The van der Waals surface area contributed by atoms with Gasteiger partial charge in [-0.3, -0.25) is 24.9 Å². The Labute approximate surface area is 262 Å². The van der Waals surface area contributed by atoms with Crippen molar-refractivity contribution < 1.29 is 51.7 Å². The summed E-state index contributed by atoms with van der Waals surface area (Å²) < 4.78 is 52.7. The van der Waals surface area contributed by atoms with Crippen molar-refractivity contribution in [1.82, 2.24) is 15.5 Å². The van der Waals surface area contributed by atoms with E-state index in [9.17, 15) is 24.1 Å². The van der Waals surface area contributed by atoms with E-state index in [2.05, 4.69) is 15.5 Å². The second-order valence-corrected chi connectivity index (χ2v) is 14.8. The van der Waals surface area contributed by atoms with E-state index < -0.39 is 72.5 Å². The molecule has 2 amide bonds. The summed E-state index contributed by atoms with van der Waals surface area (Å²) in [6, 6.07) is -3.10. The average Bonchev–Trinajstić information content (AvgIpc) is 3.43. The fourth-order valence-electron chi connectivity index (χ4n) is 6.83. The fourth-order valence-corrected chi connectivity index (χ4v) is 8.69. The average molecular weight is 659 g/mol. The van der Waals surface area contributed by atoms with Gasteiger partial charge in [0.1, 0.15) is 41.9 Å². The number of hydrogen-bond acceptors (Lipinski definition) is 10. The molecule has 5 aliphatic rings. The van der Waals surface area contributed by atoms with Crippen molar-refractivity contribution in [3.63, 3.8) is 0 Å². The first-order valence-corrected chi connectivity index (χ1v) is 17.7. The molecule has 2 saturated heterocycles. The van der Waals surface area contributed by atoms with Crippen LogP contribution in [0.4, 0.5) is 9.18 Å². The summed E-state index contributed by atoms with van der Waals surface area (Å²) in [5, 5.41) is 26.5. The number of aliphatic hydroxyl groups excluding tert-OH is 1. The van der Waals surface area contributed by atoms with E-state index in [4.69, 9.17) is 24.1 Å². The number of quaternary nitrogens is 1. The molecule has 2 aliphatic carbocycles. The molecule has 3 heterocycles. The zero-order valence-electron chi connectivity index (χ0n) is 26.1. The van der Waals surface area contributed by atoms with Gasteiger partial charge in [0.2, 0.25) is 0 Å². The Morgan fingerprint density at radius 1 is 1.09 bits per heavy atom. The second kappa shape index (κ2) is 13.1. The molecule has 3 unspecified atom stereocenters. The van der Waals surface area contributed by atoms with Crippen LogP contribution in [0.1, 0.15) is 91.4 Å². The SMILES string of the molecule is CC[C@]1(COP(=O)(NC(C)C(=O)OC2CCCCC2)NC(C)C(=O)OC2CCCCC2)O[C@@H]2[C@@](F)([C@@H]1O)[N+]21C=CC(=N)NC1=O. The monoisotopic (exact) mass is 658 g/mol. The highest BCUT2D eigenvalue weighted by atomic mass is 31.2. The van der Waals surface area contributed by atoms with Gasteiger partial charge in [-0.2, -0.15) is 4.39 Å². The van der Waals surface area contributed by atoms with Crippen LogP contribution in [-0.4, -0.2) is 88.0 Å². The van der Waals surface area contributed by atoms with Crippen molar-refractivity contribution in [3.05, 3.63) is 12.3 Å². The van der Waals surface area contributed by atoms with Gasteiger partial charge in [-0.05, 0) is 71.6 Å². The molecule has 0 bridgehead atoms. The Balaban J connectivity index is 1.30. The van der Waals surface area contributed by atoms with E-state index in [1.807, 2.05) is 0 Å². The maximum absolute atomic E-state index is 16.3. The number of alkyl halides is 1. The van der Waals surface area contributed by atoms with Crippen molar-refractivity contribution in [2.24, 2.45) is 0 Å². The molecule has 4 fully saturated rings. The maximum Gasteiger partial charge on any atom is 0.432 e. The van der Waals surface area contributed by atoms with Crippen LogP contribution in [0.15, 0.2) is 12.3 Å². The van der Waals surface area contributed by atoms with Gasteiger partial charge in [0.25, 0.3) is 0 Å². The van der Waals surface area contributed by atoms with Crippen LogP contribution in [0.25, 0.3) is 0 Å². The van der Waals surface area contributed by atoms with E-state index in [0.717, 1.165) is 64.2 Å². The normalized spacial score (nSPS) is 36.1. The van der Waals surface area contributed by atoms with Crippen LogP contribution in [-0.2, 0) is 32.9 Å². The summed E-state index contributed by atoms with van der Waals surface area (Å²) in [6.45, 7) is 3.93. The molecular formula is C29H46FN5O9P+. The number of nitrogens with one attached hydrogen (secondary N) is 4. The predicted molar refractivity (Wildman–Crippen MR) is 158 cm³/mol. The number of aliphatic hydroxyl groups is 1. The molecule has 0 aromatic rings. The molecule has 5 N–H and O–H groups in total. The minimum atomic E-state index is -4.31. The Morgan fingerprint density at radius 3 is 2.02 bits per heavy atom. The number of halogens is 1. The number of esters is 2. The summed E-state index contributed by atoms with van der Waals surface area (Å²) in [6.07, 6.45) is 7.48. The number of amidine groups is 1. The summed E-state index contributed by atoms with van der Waals surface area (Å²) in [7, 11) is -4.31. The number of carbonyl (C=O) groups is 3. The van der Waals surface area contributed by atoms with Gasteiger partial charge >= 0.3 is 37.7 Å². The zero-order valence-corrected chi connectivity index (χ0v) is 27.0. The molecule has 16 heteroatoms. The molecule has 0 radical (unpaired) electrons. The Bertz CT molecular complexity index is 1220. The number of amides is 2. The van der Waals surface area contributed by atoms with Crippen LogP contribution < -0.4 is 15.5 Å². The first-order valence-electron chi connectivity index (χ1n) is 16.0. The molecule has 1 spiro atoms. The van der Waals surface area contributed by atoms with Gasteiger partial charge < -0.3 is 23.8 Å². The third kappa shape index (κ3) is 6.37. The quantitative estimate of drug-likeness (QED) is 0.0681. The van der Waals surface area contributed by atoms with Crippen molar-refractivity contribution in [2.45, 2.75) is 139 Å². The standard InChI is InChI=1S/C29H45FN5O9P/c1-4-28(25(38)29(30)26(44-28)35(29)16-15-22(31)32-27(35)39)17-41-45(40,33-18(2)23(36)42-20-11-7-5-8-12-20)34-19(3)24(37)43-21-13-9-6-10-14-21/h15-16,18-21,25-26,38H,4-14,17H2,1-3H3,(H3-,31,32,33,34,39,40)/p+1/t18?,19?,25-,26-,28-,29-,35?,45?/m1/s1. The highest BCUT2D eigenvalue weighted by molar-refractivity contribution is 7.54. The van der Waals surface area contributed by atoms with E-state index >= 15 is 4.39 Å². The minimum absolute atomic E-state index is 0.00996. The van der Waals surface area contributed by atoms with Gasteiger partial charge in [0.15, 0.2) is 6.10 Å². The molecule has 14 nitrogen and oxygen atoms in total. The van der Waals surface area contributed by atoms with E-state index in [-0.39, 0.29) is 24.5 Å². The molecule has 5 rings (SSSR count). The topological polar surface area (TPSA) is 185 Å². The van der Waals surface area contributed by atoms with Crippen molar-refractivity contribution in [2.75, 3.05) is 6.61 Å². The lowest BCUT2D eigenvalue weighted by molar-refractivity contribution is -0.748. The van der Waals surface area contributed by atoms with Crippen LogP contribution in [0.5, 0.6) is 0 Å². The Morgan fingerprint density at radius 2 is 1.60 bits per heavy atom. The molecule has 0 aromatic carbocycles. The fraction of sp³-hybridized carbons (Fsp3) is 0.793. The smallest absolute Gasteiger partial charge is 0.432 e. The number of urea groups is 1.